The third kappa shape index (κ3) is 3.72. The Morgan fingerprint density at radius 3 is 2.52 bits per heavy atom. The van der Waals surface area contributed by atoms with E-state index >= 15 is 0 Å². The van der Waals surface area contributed by atoms with Crippen LogP contribution in [-0.4, -0.2) is 57.9 Å². The monoisotopic (exact) mass is 413 g/mol. The zero-order valence-corrected chi connectivity index (χ0v) is 18.2. The average molecular weight is 414 g/mol. The summed E-state index contributed by atoms with van der Waals surface area (Å²) >= 11 is 0. The van der Waals surface area contributed by atoms with Crippen LogP contribution in [-0.2, 0) is 0 Å². The zero-order chi connectivity index (χ0) is 21.4. The smallest absolute Gasteiger partial charge is 0.168 e. The van der Waals surface area contributed by atoms with Crippen LogP contribution < -0.4 is 10.2 Å². The first-order chi connectivity index (χ1) is 15.1. The van der Waals surface area contributed by atoms with E-state index in [0.29, 0.717) is 6.04 Å². The Morgan fingerprint density at radius 2 is 1.77 bits per heavy atom. The van der Waals surface area contributed by atoms with Crippen molar-refractivity contribution in [3.63, 3.8) is 0 Å². The number of benzene rings is 2. The van der Waals surface area contributed by atoms with Crippen molar-refractivity contribution in [2.24, 2.45) is 0 Å². The molecule has 1 atom stereocenters. The van der Waals surface area contributed by atoms with Gasteiger partial charge in [0.25, 0.3) is 0 Å². The molecule has 4 aromatic rings. The molecule has 0 saturated carbocycles. The molecule has 0 bridgehead atoms. The topological polar surface area (TPSA) is 62.1 Å². The minimum atomic E-state index is 0.616. The largest absolute Gasteiger partial charge is 0.370 e. The lowest BCUT2D eigenvalue weighted by molar-refractivity contribution is 0.315. The van der Waals surface area contributed by atoms with E-state index in [9.17, 15) is 0 Å². The Hall–Kier alpha value is -3.45. The van der Waals surface area contributed by atoms with Crippen LogP contribution in [0, 0.1) is 6.92 Å². The molecule has 7 heteroatoms. The van der Waals surface area contributed by atoms with E-state index in [-0.39, 0.29) is 0 Å². The minimum absolute atomic E-state index is 0.616. The third-order valence-corrected chi connectivity index (χ3v) is 6.12. The van der Waals surface area contributed by atoms with Gasteiger partial charge >= 0.3 is 0 Å². The van der Waals surface area contributed by atoms with Crippen molar-refractivity contribution in [1.29, 1.82) is 0 Å². The van der Waals surface area contributed by atoms with E-state index in [0.717, 1.165) is 46.9 Å². The van der Waals surface area contributed by atoms with Gasteiger partial charge in [-0.3, -0.25) is 0 Å². The molecule has 3 heterocycles. The molecule has 5 rings (SSSR count). The van der Waals surface area contributed by atoms with E-state index in [1.165, 1.54) is 12.1 Å². The first kappa shape index (κ1) is 19.5. The van der Waals surface area contributed by atoms with Gasteiger partial charge in [0.2, 0.25) is 0 Å². The lowest BCUT2D eigenvalue weighted by atomic mass is 10.2. The van der Waals surface area contributed by atoms with Gasteiger partial charge in [-0.15, -0.1) is 0 Å². The molecule has 0 spiro atoms. The van der Waals surface area contributed by atoms with Crippen molar-refractivity contribution < 1.29 is 0 Å². The molecular weight excluding hydrogens is 386 g/mol. The number of hydrogen-bond donors (Lipinski definition) is 1. The fourth-order valence-corrected chi connectivity index (χ4v) is 4.18. The Kier molecular flexibility index (Phi) is 5.03. The van der Waals surface area contributed by atoms with E-state index < -0.39 is 0 Å². The van der Waals surface area contributed by atoms with Gasteiger partial charge in [-0.25, -0.2) is 14.6 Å². The maximum absolute atomic E-state index is 4.61. The zero-order valence-electron chi connectivity index (χ0n) is 18.2. The van der Waals surface area contributed by atoms with E-state index in [4.69, 9.17) is 0 Å². The highest BCUT2D eigenvalue weighted by atomic mass is 15.3. The maximum atomic E-state index is 4.61. The summed E-state index contributed by atoms with van der Waals surface area (Å²) < 4.78 is 1.87. The number of anilines is 3. The molecule has 7 nitrogen and oxygen atoms in total. The first-order valence-corrected chi connectivity index (χ1v) is 10.6. The van der Waals surface area contributed by atoms with Crippen molar-refractivity contribution >= 4 is 28.2 Å². The van der Waals surface area contributed by atoms with Gasteiger partial charge in [0, 0.05) is 30.5 Å². The van der Waals surface area contributed by atoms with Crippen LogP contribution in [0.2, 0.25) is 0 Å². The van der Waals surface area contributed by atoms with Gasteiger partial charge in [0.15, 0.2) is 5.65 Å². The number of hydrogen-bond acceptors (Lipinski definition) is 6. The lowest BCUT2D eigenvalue weighted by Crippen LogP contribution is -2.31. The fourth-order valence-electron chi connectivity index (χ4n) is 4.18. The SMILES string of the molecule is Cc1ccccc1Nc1ncnc2c1cnn2-c1ccc(N2CC[C@@H](N(C)C)C2)cc1. The molecule has 0 amide bonds. The molecule has 2 aromatic carbocycles. The lowest BCUT2D eigenvalue weighted by Gasteiger charge is -2.22. The number of rotatable bonds is 5. The van der Waals surface area contributed by atoms with Gasteiger partial charge in [-0.2, -0.15) is 5.10 Å². The van der Waals surface area contributed by atoms with Crippen molar-refractivity contribution in [2.45, 2.75) is 19.4 Å². The van der Waals surface area contributed by atoms with Crippen LogP contribution in [0.15, 0.2) is 61.1 Å². The molecule has 0 radical (unpaired) electrons. The Bertz CT molecular complexity index is 1200. The summed E-state index contributed by atoms with van der Waals surface area (Å²) in [6.07, 6.45) is 4.61. The summed E-state index contributed by atoms with van der Waals surface area (Å²) in [5.41, 5.74) is 5.22. The molecule has 1 fully saturated rings. The molecule has 0 aliphatic carbocycles. The van der Waals surface area contributed by atoms with Gasteiger partial charge in [-0.1, -0.05) is 18.2 Å². The summed E-state index contributed by atoms with van der Waals surface area (Å²) in [6.45, 7) is 4.24. The summed E-state index contributed by atoms with van der Waals surface area (Å²) in [5, 5.41) is 8.92. The summed E-state index contributed by atoms with van der Waals surface area (Å²) in [7, 11) is 4.31. The van der Waals surface area contributed by atoms with Crippen LogP contribution in [0.5, 0.6) is 0 Å². The van der Waals surface area contributed by atoms with E-state index in [2.05, 4.69) is 81.5 Å². The molecule has 31 heavy (non-hydrogen) atoms. The predicted octanol–water partition coefficient (Wildman–Crippen LogP) is 4.01. The number of nitrogens with one attached hydrogen (secondary N) is 1. The Labute approximate surface area is 182 Å². The average Bonchev–Trinajstić information content (AvgIpc) is 3.44. The van der Waals surface area contributed by atoms with Crippen molar-refractivity contribution in [3.05, 3.63) is 66.6 Å². The summed E-state index contributed by atoms with van der Waals surface area (Å²) in [6, 6.07) is 17.4. The number of para-hydroxylation sites is 1. The number of aryl methyl sites for hydroxylation is 1. The van der Waals surface area contributed by atoms with Gasteiger partial charge in [-0.05, 0) is 63.3 Å². The number of nitrogens with zero attached hydrogens (tertiary/aromatic N) is 6. The molecular formula is C24H27N7. The number of likely N-dealkylation sites (N-methyl/N-ethyl adjacent to an activating group) is 1. The summed E-state index contributed by atoms with van der Waals surface area (Å²) in [4.78, 5) is 13.7. The van der Waals surface area contributed by atoms with Crippen LogP contribution >= 0.6 is 0 Å². The second kappa shape index (κ2) is 8.00. The molecule has 0 unspecified atom stereocenters. The molecule has 1 saturated heterocycles. The highest BCUT2D eigenvalue weighted by Gasteiger charge is 2.24. The van der Waals surface area contributed by atoms with E-state index in [1.807, 2.05) is 29.1 Å². The quantitative estimate of drug-likeness (QED) is 0.533. The third-order valence-electron chi connectivity index (χ3n) is 6.12. The minimum Gasteiger partial charge on any atom is -0.370 e. The van der Waals surface area contributed by atoms with Crippen molar-refractivity contribution in [2.75, 3.05) is 37.4 Å². The highest BCUT2D eigenvalue weighted by Crippen LogP contribution is 2.27. The highest BCUT2D eigenvalue weighted by molar-refractivity contribution is 5.89. The normalized spacial score (nSPS) is 16.4. The van der Waals surface area contributed by atoms with Crippen LogP contribution in [0.4, 0.5) is 17.2 Å². The molecule has 1 aliphatic rings. The van der Waals surface area contributed by atoms with Gasteiger partial charge in [0.05, 0.1) is 17.3 Å². The van der Waals surface area contributed by atoms with Crippen LogP contribution in [0.25, 0.3) is 16.7 Å². The van der Waals surface area contributed by atoms with Crippen LogP contribution in [0.3, 0.4) is 0 Å². The second-order valence-electron chi connectivity index (χ2n) is 8.32. The second-order valence-corrected chi connectivity index (χ2v) is 8.32. The number of fused-ring (bicyclic) bond motifs is 1. The van der Waals surface area contributed by atoms with Crippen LogP contribution in [0.1, 0.15) is 12.0 Å². The van der Waals surface area contributed by atoms with Gasteiger partial charge in [0.1, 0.15) is 12.1 Å². The van der Waals surface area contributed by atoms with Crippen molar-refractivity contribution in [3.8, 4) is 5.69 Å². The molecule has 1 N–H and O–H groups in total. The number of aromatic nitrogens is 4. The van der Waals surface area contributed by atoms with E-state index in [1.54, 1.807) is 6.33 Å². The fraction of sp³-hybridized carbons (Fsp3) is 0.292. The van der Waals surface area contributed by atoms with Gasteiger partial charge < -0.3 is 15.1 Å². The standard InChI is InChI=1S/C24H27N7/c1-17-6-4-5-7-22(17)28-23-21-14-27-31(24(21)26-16-25-23)19-10-8-18(9-11-19)30-13-12-20(15-30)29(2)3/h4-11,14,16,20H,12-13,15H2,1-3H3,(H,25,26,28)/t20-/m1/s1. The Morgan fingerprint density at radius 1 is 1.00 bits per heavy atom. The predicted molar refractivity (Wildman–Crippen MR) is 125 cm³/mol. The molecule has 1 aliphatic heterocycles. The summed E-state index contributed by atoms with van der Waals surface area (Å²) in [5.74, 6) is 0.758. The Balaban J connectivity index is 1.42. The molecule has 2 aromatic heterocycles. The maximum Gasteiger partial charge on any atom is 0.168 e. The first-order valence-electron chi connectivity index (χ1n) is 10.6. The molecule has 158 valence electrons. The van der Waals surface area contributed by atoms with Crippen molar-refractivity contribution in [1.82, 2.24) is 24.6 Å².